The van der Waals surface area contributed by atoms with E-state index in [0.29, 0.717) is 18.8 Å². The molecule has 96 valence electrons. The molecule has 2 N–H and O–H groups in total. The molecule has 0 saturated carbocycles. The van der Waals surface area contributed by atoms with Crippen molar-refractivity contribution >= 4 is 11.4 Å². The Bertz CT molecular complexity index is 366. The average molecular weight is 248 g/mol. The van der Waals surface area contributed by atoms with Gasteiger partial charge >= 0.3 is 6.18 Å². The summed E-state index contributed by atoms with van der Waals surface area (Å²) in [6.45, 7) is 0.684. The van der Waals surface area contributed by atoms with Gasteiger partial charge in [0.1, 0.15) is 0 Å². The summed E-state index contributed by atoms with van der Waals surface area (Å²) < 4.78 is 43.1. The number of hydrogen-bond acceptors (Lipinski definition) is 3. The van der Waals surface area contributed by atoms with Crippen LogP contribution < -0.4 is 10.6 Å². The molecule has 0 spiro atoms. The van der Waals surface area contributed by atoms with Crippen LogP contribution in [0, 0.1) is 0 Å². The Morgan fingerprint density at radius 3 is 2.53 bits per heavy atom. The highest BCUT2D eigenvalue weighted by Crippen LogP contribution is 2.36. The Hall–Kier alpha value is -1.43. The van der Waals surface area contributed by atoms with Gasteiger partial charge in [-0.1, -0.05) is 0 Å². The Morgan fingerprint density at radius 2 is 2.00 bits per heavy atom. The fourth-order valence-electron chi connectivity index (χ4n) is 1.38. The topological polar surface area (TPSA) is 33.3 Å². The number of ether oxygens (including phenoxy) is 1. The van der Waals surface area contributed by atoms with E-state index in [2.05, 4.69) is 10.6 Å². The molecule has 3 nitrogen and oxygen atoms in total. The van der Waals surface area contributed by atoms with Gasteiger partial charge in [-0.2, -0.15) is 13.2 Å². The molecule has 0 amide bonds. The standard InChI is InChI=1S/C11H15F3N2O/c1-15-8-3-4-10(16-5-6-17-2)9(7-8)11(12,13)14/h3-4,7,15-16H,5-6H2,1-2H3. The van der Waals surface area contributed by atoms with E-state index in [9.17, 15) is 13.2 Å². The molecule has 0 unspecified atom stereocenters. The first-order chi connectivity index (χ1) is 7.99. The zero-order valence-corrected chi connectivity index (χ0v) is 9.69. The Morgan fingerprint density at radius 1 is 1.29 bits per heavy atom. The van der Waals surface area contributed by atoms with Gasteiger partial charge in [0.05, 0.1) is 12.2 Å². The van der Waals surface area contributed by atoms with Gasteiger partial charge in [0.2, 0.25) is 0 Å². The Labute approximate surface area is 98.0 Å². The highest BCUT2D eigenvalue weighted by Gasteiger charge is 2.33. The molecule has 0 bridgehead atoms. The predicted molar refractivity (Wildman–Crippen MR) is 61.4 cm³/mol. The SMILES string of the molecule is CNc1ccc(NCCOC)c(C(F)(F)F)c1. The largest absolute Gasteiger partial charge is 0.418 e. The van der Waals surface area contributed by atoms with Crippen LogP contribution in [-0.4, -0.2) is 27.3 Å². The van der Waals surface area contributed by atoms with Crippen molar-refractivity contribution in [2.75, 3.05) is 37.9 Å². The number of alkyl halides is 3. The van der Waals surface area contributed by atoms with E-state index in [0.717, 1.165) is 6.07 Å². The molecule has 1 aromatic carbocycles. The summed E-state index contributed by atoms with van der Waals surface area (Å²) in [4.78, 5) is 0. The van der Waals surface area contributed by atoms with Gasteiger partial charge < -0.3 is 15.4 Å². The number of anilines is 2. The molecule has 1 rings (SSSR count). The van der Waals surface area contributed by atoms with Gasteiger partial charge in [-0.05, 0) is 18.2 Å². The van der Waals surface area contributed by atoms with E-state index in [-0.39, 0.29) is 5.69 Å². The van der Waals surface area contributed by atoms with Crippen molar-refractivity contribution in [3.63, 3.8) is 0 Å². The number of halogens is 3. The third-order valence-electron chi connectivity index (χ3n) is 2.24. The second-order valence-corrected chi connectivity index (χ2v) is 3.43. The summed E-state index contributed by atoms with van der Waals surface area (Å²) in [6, 6.07) is 4.07. The fraction of sp³-hybridized carbons (Fsp3) is 0.455. The number of nitrogens with one attached hydrogen (secondary N) is 2. The molecule has 17 heavy (non-hydrogen) atoms. The second kappa shape index (κ2) is 5.77. The number of benzene rings is 1. The highest BCUT2D eigenvalue weighted by molar-refractivity contribution is 5.60. The highest BCUT2D eigenvalue weighted by atomic mass is 19.4. The van der Waals surface area contributed by atoms with Crippen molar-refractivity contribution in [1.82, 2.24) is 0 Å². The first-order valence-corrected chi connectivity index (χ1v) is 5.11. The predicted octanol–water partition coefficient (Wildman–Crippen LogP) is 2.81. The molecule has 6 heteroatoms. The van der Waals surface area contributed by atoms with Gasteiger partial charge in [-0.25, -0.2) is 0 Å². The molecular formula is C11H15F3N2O. The molecule has 0 radical (unpaired) electrons. The molecule has 0 aliphatic carbocycles. The van der Waals surface area contributed by atoms with Crippen LogP contribution in [0.1, 0.15) is 5.56 Å². The summed E-state index contributed by atoms with van der Waals surface area (Å²) in [6.07, 6.45) is -4.37. The van der Waals surface area contributed by atoms with Crippen LogP contribution in [0.2, 0.25) is 0 Å². The van der Waals surface area contributed by atoms with E-state index in [4.69, 9.17) is 4.74 Å². The summed E-state index contributed by atoms with van der Waals surface area (Å²) >= 11 is 0. The molecule has 0 aromatic heterocycles. The van der Waals surface area contributed by atoms with Crippen LogP contribution >= 0.6 is 0 Å². The maximum absolute atomic E-state index is 12.8. The second-order valence-electron chi connectivity index (χ2n) is 3.43. The van der Waals surface area contributed by atoms with Crippen molar-refractivity contribution in [2.24, 2.45) is 0 Å². The summed E-state index contributed by atoms with van der Waals surface area (Å²) in [5.74, 6) is 0. The zero-order valence-electron chi connectivity index (χ0n) is 9.69. The lowest BCUT2D eigenvalue weighted by Crippen LogP contribution is -2.14. The molecular weight excluding hydrogens is 233 g/mol. The summed E-state index contributed by atoms with van der Waals surface area (Å²) in [5, 5.41) is 5.38. The Balaban J connectivity index is 2.95. The molecule has 0 fully saturated rings. The van der Waals surface area contributed by atoms with Crippen molar-refractivity contribution in [3.8, 4) is 0 Å². The summed E-state index contributed by atoms with van der Waals surface area (Å²) in [7, 11) is 3.07. The quantitative estimate of drug-likeness (QED) is 0.786. The number of methoxy groups -OCH3 is 1. The van der Waals surface area contributed by atoms with E-state index < -0.39 is 11.7 Å². The minimum Gasteiger partial charge on any atom is -0.388 e. The number of hydrogen-bond donors (Lipinski definition) is 2. The van der Waals surface area contributed by atoms with Crippen molar-refractivity contribution in [1.29, 1.82) is 0 Å². The van der Waals surface area contributed by atoms with E-state index in [1.807, 2.05) is 0 Å². The molecule has 0 saturated heterocycles. The lowest BCUT2D eigenvalue weighted by Gasteiger charge is -2.15. The molecule has 0 heterocycles. The smallest absolute Gasteiger partial charge is 0.388 e. The maximum Gasteiger partial charge on any atom is 0.418 e. The van der Waals surface area contributed by atoms with Gasteiger partial charge in [-0.3, -0.25) is 0 Å². The molecule has 0 atom stereocenters. The van der Waals surface area contributed by atoms with Crippen molar-refractivity contribution in [2.45, 2.75) is 6.18 Å². The third kappa shape index (κ3) is 3.81. The third-order valence-corrected chi connectivity index (χ3v) is 2.24. The van der Waals surface area contributed by atoms with Gasteiger partial charge in [0.25, 0.3) is 0 Å². The van der Waals surface area contributed by atoms with Crippen LogP contribution in [0.3, 0.4) is 0 Å². The van der Waals surface area contributed by atoms with Gasteiger partial charge in [0.15, 0.2) is 0 Å². The van der Waals surface area contributed by atoms with Gasteiger partial charge in [-0.15, -0.1) is 0 Å². The van der Waals surface area contributed by atoms with Crippen LogP contribution in [0.4, 0.5) is 24.5 Å². The van der Waals surface area contributed by atoms with E-state index in [1.165, 1.54) is 13.2 Å². The van der Waals surface area contributed by atoms with Crippen LogP contribution in [0.15, 0.2) is 18.2 Å². The first kappa shape index (κ1) is 13.6. The van der Waals surface area contributed by atoms with Crippen LogP contribution in [0.5, 0.6) is 0 Å². The monoisotopic (exact) mass is 248 g/mol. The first-order valence-electron chi connectivity index (χ1n) is 5.11. The Kier molecular flexibility index (Phi) is 4.62. The van der Waals surface area contributed by atoms with E-state index >= 15 is 0 Å². The van der Waals surface area contributed by atoms with Crippen molar-refractivity contribution < 1.29 is 17.9 Å². The normalized spacial score (nSPS) is 11.4. The lowest BCUT2D eigenvalue weighted by atomic mass is 10.1. The van der Waals surface area contributed by atoms with Crippen LogP contribution in [-0.2, 0) is 10.9 Å². The zero-order chi connectivity index (χ0) is 12.9. The minimum atomic E-state index is -4.37. The summed E-state index contributed by atoms with van der Waals surface area (Å²) in [5.41, 5.74) is -0.191. The van der Waals surface area contributed by atoms with Crippen molar-refractivity contribution in [3.05, 3.63) is 23.8 Å². The maximum atomic E-state index is 12.8. The van der Waals surface area contributed by atoms with Crippen LogP contribution in [0.25, 0.3) is 0 Å². The average Bonchev–Trinajstić information content (AvgIpc) is 2.28. The minimum absolute atomic E-state index is 0.0635. The molecule has 0 aliphatic rings. The lowest BCUT2D eigenvalue weighted by molar-refractivity contribution is -0.136. The fourth-order valence-corrected chi connectivity index (χ4v) is 1.38. The molecule has 0 aliphatic heterocycles. The van der Waals surface area contributed by atoms with E-state index in [1.54, 1.807) is 13.1 Å². The molecule has 1 aromatic rings. The van der Waals surface area contributed by atoms with Gasteiger partial charge in [0, 0.05) is 32.1 Å². The number of rotatable bonds is 5.